The summed E-state index contributed by atoms with van der Waals surface area (Å²) in [4.78, 5) is 1.30. The first-order valence-corrected chi connectivity index (χ1v) is 7.91. The number of hydrogen-bond donors (Lipinski definition) is 1. The number of terminal acetylenes is 1. The SMILES string of the molecule is C#CCOc1ccccc1CNCCSc1ccccc1. The van der Waals surface area contributed by atoms with Gasteiger partial charge in [-0.25, -0.2) is 0 Å². The van der Waals surface area contributed by atoms with E-state index in [1.807, 2.05) is 36.0 Å². The van der Waals surface area contributed by atoms with Crippen LogP contribution in [0.3, 0.4) is 0 Å². The highest BCUT2D eigenvalue weighted by atomic mass is 32.2. The Labute approximate surface area is 130 Å². The van der Waals surface area contributed by atoms with Crippen molar-refractivity contribution in [2.45, 2.75) is 11.4 Å². The van der Waals surface area contributed by atoms with Gasteiger partial charge in [0.1, 0.15) is 12.4 Å². The van der Waals surface area contributed by atoms with Crippen molar-refractivity contribution >= 4 is 11.8 Å². The minimum Gasteiger partial charge on any atom is -0.481 e. The molecule has 0 saturated heterocycles. The zero-order valence-electron chi connectivity index (χ0n) is 11.9. The van der Waals surface area contributed by atoms with Crippen molar-refractivity contribution < 1.29 is 4.74 Å². The maximum atomic E-state index is 5.53. The zero-order chi connectivity index (χ0) is 14.8. The number of para-hydroxylation sites is 1. The maximum absolute atomic E-state index is 5.53. The van der Waals surface area contributed by atoms with E-state index in [0.717, 1.165) is 30.2 Å². The summed E-state index contributed by atoms with van der Waals surface area (Å²) >= 11 is 1.85. The Morgan fingerprint density at radius 2 is 1.81 bits per heavy atom. The lowest BCUT2D eigenvalue weighted by molar-refractivity contribution is 0.365. The topological polar surface area (TPSA) is 21.3 Å². The van der Waals surface area contributed by atoms with Gasteiger partial charge >= 0.3 is 0 Å². The molecule has 3 heteroatoms. The Balaban J connectivity index is 1.72. The summed E-state index contributed by atoms with van der Waals surface area (Å²) in [5.41, 5.74) is 1.14. The molecule has 21 heavy (non-hydrogen) atoms. The van der Waals surface area contributed by atoms with Gasteiger partial charge in [0.25, 0.3) is 0 Å². The van der Waals surface area contributed by atoms with Gasteiger partial charge in [0.05, 0.1) is 0 Å². The predicted octanol–water partition coefficient (Wildman–Crippen LogP) is 3.58. The Hall–Kier alpha value is -1.89. The molecule has 0 bridgehead atoms. The second kappa shape index (κ2) is 9.12. The summed E-state index contributed by atoms with van der Waals surface area (Å²) in [5, 5.41) is 3.44. The van der Waals surface area contributed by atoms with E-state index in [0.29, 0.717) is 6.61 Å². The van der Waals surface area contributed by atoms with E-state index in [2.05, 4.69) is 41.6 Å². The molecule has 2 aromatic carbocycles. The molecule has 2 nitrogen and oxygen atoms in total. The third-order valence-corrected chi connectivity index (χ3v) is 3.90. The molecule has 0 aromatic heterocycles. The zero-order valence-corrected chi connectivity index (χ0v) is 12.7. The van der Waals surface area contributed by atoms with Gasteiger partial charge < -0.3 is 10.1 Å². The van der Waals surface area contributed by atoms with Crippen molar-refractivity contribution in [2.24, 2.45) is 0 Å². The molecule has 0 radical (unpaired) electrons. The summed E-state index contributed by atoms with van der Waals surface area (Å²) in [7, 11) is 0. The normalized spacial score (nSPS) is 10.0. The lowest BCUT2D eigenvalue weighted by Crippen LogP contribution is -2.17. The van der Waals surface area contributed by atoms with E-state index in [1.54, 1.807) is 0 Å². The van der Waals surface area contributed by atoms with Crippen LogP contribution in [0.1, 0.15) is 5.56 Å². The van der Waals surface area contributed by atoms with Crippen LogP contribution in [0.2, 0.25) is 0 Å². The monoisotopic (exact) mass is 297 g/mol. The molecule has 0 fully saturated rings. The molecule has 0 aliphatic carbocycles. The molecule has 2 aromatic rings. The van der Waals surface area contributed by atoms with Gasteiger partial charge in [0.2, 0.25) is 0 Å². The van der Waals surface area contributed by atoms with E-state index in [4.69, 9.17) is 11.2 Å². The average molecular weight is 297 g/mol. The van der Waals surface area contributed by atoms with Crippen molar-refractivity contribution in [3.05, 3.63) is 60.2 Å². The van der Waals surface area contributed by atoms with Gasteiger partial charge in [-0.15, -0.1) is 18.2 Å². The summed E-state index contributed by atoms with van der Waals surface area (Å²) in [6.45, 7) is 2.04. The van der Waals surface area contributed by atoms with Gasteiger partial charge in [0.15, 0.2) is 0 Å². The van der Waals surface area contributed by atoms with Gasteiger partial charge in [-0.2, -0.15) is 0 Å². The van der Waals surface area contributed by atoms with Crippen LogP contribution in [-0.2, 0) is 6.54 Å². The maximum Gasteiger partial charge on any atom is 0.148 e. The van der Waals surface area contributed by atoms with Crippen LogP contribution in [0.5, 0.6) is 5.75 Å². The number of nitrogens with one attached hydrogen (secondary N) is 1. The fourth-order valence-electron chi connectivity index (χ4n) is 1.89. The van der Waals surface area contributed by atoms with E-state index in [-0.39, 0.29) is 0 Å². The van der Waals surface area contributed by atoms with Crippen molar-refractivity contribution in [3.63, 3.8) is 0 Å². The Morgan fingerprint density at radius 1 is 1.05 bits per heavy atom. The standard InChI is InChI=1S/C18H19NOS/c1-2-13-20-18-11-7-6-8-16(18)15-19-12-14-21-17-9-4-3-5-10-17/h1,3-11,19H,12-15H2. The number of rotatable bonds is 8. The molecule has 0 spiro atoms. The third-order valence-electron chi connectivity index (χ3n) is 2.89. The van der Waals surface area contributed by atoms with E-state index in [1.165, 1.54) is 4.90 Å². The van der Waals surface area contributed by atoms with Crippen molar-refractivity contribution in [2.75, 3.05) is 18.9 Å². The van der Waals surface area contributed by atoms with Crippen LogP contribution in [0, 0.1) is 12.3 Å². The summed E-state index contributed by atoms with van der Waals surface area (Å²) < 4.78 is 5.53. The molecule has 108 valence electrons. The average Bonchev–Trinajstić information content (AvgIpc) is 2.54. The van der Waals surface area contributed by atoms with Crippen LogP contribution in [0.4, 0.5) is 0 Å². The second-order valence-electron chi connectivity index (χ2n) is 4.44. The van der Waals surface area contributed by atoms with Gasteiger partial charge in [0, 0.05) is 29.3 Å². The highest BCUT2D eigenvalue weighted by Crippen LogP contribution is 2.18. The number of benzene rings is 2. The Morgan fingerprint density at radius 3 is 2.62 bits per heavy atom. The highest BCUT2D eigenvalue weighted by molar-refractivity contribution is 7.99. The first-order chi connectivity index (χ1) is 10.4. The molecule has 0 aliphatic heterocycles. The molecular weight excluding hydrogens is 278 g/mol. The van der Waals surface area contributed by atoms with Crippen molar-refractivity contribution in [3.8, 4) is 18.1 Å². The third kappa shape index (κ3) is 5.55. The minimum atomic E-state index is 0.306. The number of ether oxygens (including phenoxy) is 1. The van der Waals surface area contributed by atoms with Crippen molar-refractivity contribution in [1.29, 1.82) is 0 Å². The van der Waals surface area contributed by atoms with Crippen LogP contribution in [0.25, 0.3) is 0 Å². The predicted molar refractivity (Wildman–Crippen MR) is 89.6 cm³/mol. The molecule has 0 heterocycles. The molecule has 2 rings (SSSR count). The van der Waals surface area contributed by atoms with Gasteiger partial charge in [-0.3, -0.25) is 0 Å². The molecule has 0 aliphatic rings. The van der Waals surface area contributed by atoms with Crippen LogP contribution in [0.15, 0.2) is 59.5 Å². The number of hydrogen-bond acceptors (Lipinski definition) is 3. The molecule has 0 saturated carbocycles. The number of thioether (sulfide) groups is 1. The molecule has 0 atom stereocenters. The Kier molecular flexibility index (Phi) is 6.73. The van der Waals surface area contributed by atoms with Crippen LogP contribution < -0.4 is 10.1 Å². The highest BCUT2D eigenvalue weighted by Gasteiger charge is 2.01. The summed E-state index contributed by atoms with van der Waals surface area (Å²) in [6, 6.07) is 18.4. The largest absolute Gasteiger partial charge is 0.481 e. The van der Waals surface area contributed by atoms with Gasteiger partial charge in [-0.05, 0) is 18.2 Å². The first-order valence-electron chi connectivity index (χ1n) is 6.93. The van der Waals surface area contributed by atoms with Crippen LogP contribution in [-0.4, -0.2) is 18.9 Å². The first kappa shape index (κ1) is 15.5. The van der Waals surface area contributed by atoms with Gasteiger partial charge in [-0.1, -0.05) is 42.3 Å². The quantitative estimate of drug-likeness (QED) is 0.457. The lowest BCUT2D eigenvalue weighted by atomic mass is 10.2. The molecule has 0 unspecified atom stereocenters. The molecule has 1 N–H and O–H groups in total. The smallest absolute Gasteiger partial charge is 0.148 e. The lowest BCUT2D eigenvalue weighted by Gasteiger charge is -2.10. The van der Waals surface area contributed by atoms with E-state index < -0.39 is 0 Å². The second-order valence-corrected chi connectivity index (χ2v) is 5.61. The summed E-state index contributed by atoms with van der Waals surface area (Å²) in [6.07, 6.45) is 5.23. The fourth-order valence-corrected chi connectivity index (χ4v) is 2.72. The molecular formula is C18H19NOS. The fraction of sp³-hybridized carbons (Fsp3) is 0.222. The van der Waals surface area contributed by atoms with E-state index >= 15 is 0 Å². The minimum absolute atomic E-state index is 0.306. The van der Waals surface area contributed by atoms with Crippen molar-refractivity contribution in [1.82, 2.24) is 5.32 Å². The summed E-state index contributed by atoms with van der Waals surface area (Å²) in [5.74, 6) is 4.39. The molecule has 0 amide bonds. The van der Waals surface area contributed by atoms with E-state index in [9.17, 15) is 0 Å². The Bertz CT molecular complexity index is 577. The van der Waals surface area contributed by atoms with Crippen LogP contribution >= 0.6 is 11.8 Å².